The zero-order valence-corrected chi connectivity index (χ0v) is 18.5. The molecule has 1 aromatic carbocycles. The van der Waals surface area contributed by atoms with Crippen molar-refractivity contribution in [1.29, 1.82) is 0 Å². The average Bonchev–Trinajstić information content (AvgIpc) is 2.66. The van der Waals surface area contributed by atoms with Crippen molar-refractivity contribution in [2.24, 2.45) is 0 Å². The van der Waals surface area contributed by atoms with Crippen molar-refractivity contribution in [2.45, 2.75) is 24.3 Å². The number of nitrogens with one attached hydrogen (secondary N) is 2. The number of carbonyl (C=O) groups excluding carboxylic acids is 1. The van der Waals surface area contributed by atoms with Gasteiger partial charge in [-0.1, -0.05) is 42.4 Å². The quantitative estimate of drug-likeness (QED) is 0.349. The van der Waals surface area contributed by atoms with E-state index in [0.717, 1.165) is 30.9 Å². The van der Waals surface area contributed by atoms with E-state index in [1.807, 2.05) is 31.3 Å². The zero-order chi connectivity index (χ0) is 20.5. The first-order valence-electron chi connectivity index (χ1n) is 9.43. The highest BCUT2D eigenvalue weighted by Gasteiger charge is 2.10. The fraction of sp³-hybridized carbons (Fsp3) is 0.450. The summed E-state index contributed by atoms with van der Waals surface area (Å²) in [4.78, 5) is 24.6. The number of rotatable bonds is 10. The normalized spacial score (nSPS) is 10.9. The van der Waals surface area contributed by atoms with E-state index in [4.69, 9.17) is 11.6 Å². The van der Waals surface area contributed by atoms with Crippen LogP contribution in [0.2, 0.25) is 5.15 Å². The summed E-state index contributed by atoms with van der Waals surface area (Å²) in [5.74, 6) is 1.44. The van der Waals surface area contributed by atoms with Gasteiger partial charge >= 0.3 is 0 Å². The molecule has 0 aliphatic rings. The lowest BCUT2D eigenvalue weighted by Crippen LogP contribution is -3.06. The van der Waals surface area contributed by atoms with Crippen molar-refractivity contribution in [2.75, 3.05) is 45.7 Å². The minimum Gasteiger partial charge on any atom is -0.360 e. The third-order valence-corrected chi connectivity index (χ3v) is 5.19. The number of aromatic nitrogens is 2. The standard InChI is InChI=1S/C20H28ClN5OS/c1-5-10-26(4)18-13-17(21)23-20(24-18)28-14-15-7-6-8-16(12-15)19(27)22-9-11-25(2)3/h6-8,12-13H,5,9-11,14H2,1-4H3,(H,22,27)/p+1. The molecule has 0 spiro atoms. The molecule has 2 rings (SSSR count). The summed E-state index contributed by atoms with van der Waals surface area (Å²) in [6.45, 7) is 4.58. The molecule has 2 N–H and O–H groups in total. The van der Waals surface area contributed by atoms with Gasteiger partial charge in [-0.2, -0.15) is 0 Å². The Balaban J connectivity index is 2.00. The Bertz CT molecular complexity index is 787. The molecule has 2 aromatic rings. The van der Waals surface area contributed by atoms with E-state index in [-0.39, 0.29) is 5.91 Å². The van der Waals surface area contributed by atoms with Crippen LogP contribution in [-0.4, -0.2) is 56.7 Å². The number of likely N-dealkylation sites (N-methyl/N-ethyl adjacent to an activating group) is 1. The smallest absolute Gasteiger partial charge is 0.251 e. The second-order valence-electron chi connectivity index (χ2n) is 6.96. The summed E-state index contributed by atoms with van der Waals surface area (Å²) in [5, 5.41) is 4.03. The van der Waals surface area contributed by atoms with Crippen molar-refractivity contribution in [3.8, 4) is 0 Å². The van der Waals surface area contributed by atoms with Crippen LogP contribution in [-0.2, 0) is 5.75 Å². The molecular weight excluding hydrogens is 394 g/mol. The second kappa shape index (κ2) is 11.2. The Labute approximate surface area is 176 Å². The molecule has 0 atom stereocenters. The van der Waals surface area contributed by atoms with Crippen LogP contribution < -0.4 is 15.1 Å². The fourth-order valence-corrected chi connectivity index (χ4v) is 3.60. The van der Waals surface area contributed by atoms with Crippen molar-refractivity contribution in [1.82, 2.24) is 15.3 Å². The predicted molar refractivity (Wildman–Crippen MR) is 117 cm³/mol. The molecule has 6 nitrogen and oxygen atoms in total. The molecule has 0 unspecified atom stereocenters. The van der Waals surface area contributed by atoms with Crippen LogP contribution in [0.15, 0.2) is 35.5 Å². The molecule has 152 valence electrons. The molecule has 1 amide bonds. The Morgan fingerprint density at radius 1 is 1.29 bits per heavy atom. The number of carbonyl (C=O) groups is 1. The fourth-order valence-electron chi connectivity index (χ4n) is 2.57. The second-order valence-corrected chi connectivity index (χ2v) is 8.28. The van der Waals surface area contributed by atoms with Gasteiger partial charge in [0, 0.05) is 31.0 Å². The number of hydrogen-bond acceptors (Lipinski definition) is 5. The van der Waals surface area contributed by atoms with Gasteiger partial charge in [0.1, 0.15) is 11.0 Å². The number of quaternary nitrogens is 1. The highest BCUT2D eigenvalue weighted by atomic mass is 35.5. The lowest BCUT2D eigenvalue weighted by Gasteiger charge is -2.17. The maximum absolute atomic E-state index is 12.3. The van der Waals surface area contributed by atoms with Gasteiger partial charge in [0.05, 0.1) is 27.2 Å². The van der Waals surface area contributed by atoms with Crippen LogP contribution >= 0.6 is 23.4 Å². The minimum atomic E-state index is -0.0458. The molecular formula is C20H29ClN5OS+. The highest BCUT2D eigenvalue weighted by molar-refractivity contribution is 7.98. The molecule has 28 heavy (non-hydrogen) atoms. The molecule has 1 aromatic heterocycles. The van der Waals surface area contributed by atoms with E-state index in [1.165, 1.54) is 16.7 Å². The van der Waals surface area contributed by atoms with Gasteiger partial charge in [-0.15, -0.1) is 0 Å². The van der Waals surface area contributed by atoms with Crippen LogP contribution in [0.5, 0.6) is 0 Å². The van der Waals surface area contributed by atoms with Crippen LogP contribution in [0.3, 0.4) is 0 Å². The molecule has 1 heterocycles. The number of anilines is 1. The third-order valence-electron chi connectivity index (χ3n) is 4.08. The van der Waals surface area contributed by atoms with Gasteiger partial charge in [-0.3, -0.25) is 4.79 Å². The molecule has 0 saturated carbocycles. The van der Waals surface area contributed by atoms with Gasteiger partial charge in [0.2, 0.25) is 0 Å². The molecule has 8 heteroatoms. The topological polar surface area (TPSA) is 62.6 Å². The Hall–Kier alpha value is -1.83. The first kappa shape index (κ1) is 22.5. The van der Waals surface area contributed by atoms with Crippen LogP contribution in [0.4, 0.5) is 5.82 Å². The SMILES string of the molecule is CCCN(C)c1cc(Cl)nc(SCc2cccc(C(=O)NCC[NH+](C)C)c2)n1. The largest absolute Gasteiger partial charge is 0.360 e. The van der Waals surface area contributed by atoms with Gasteiger partial charge in [-0.05, 0) is 24.1 Å². The molecule has 0 aliphatic carbocycles. The lowest BCUT2D eigenvalue weighted by atomic mass is 10.1. The van der Waals surface area contributed by atoms with E-state index >= 15 is 0 Å². The summed E-state index contributed by atoms with van der Waals surface area (Å²) >= 11 is 7.68. The summed E-state index contributed by atoms with van der Waals surface area (Å²) in [6, 6.07) is 9.44. The first-order valence-corrected chi connectivity index (χ1v) is 10.8. The molecule has 0 bridgehead atoms. The maximum atomic E-state index is 12.3. The summed E-state index contributed by atoms with van der Waals surface area (Å²) < 4.78 is 0. The Morgan fingerprint density at radius 2 is 2.07 bits per heavy atom. The predicted octanol–water partition coefficient (Wildman–Crippen LogP) is 2.14. The van der Waals surface area contributed by atoms with E-state index < -0.39 is 0 Å². The lowest BCUT2D eigenvalue weighted by molar-refractivity contribution is -0.856. The van der Waals surface area contributed by atoms with Crippen LogP contribution in [0, 0.1) is 0 Å². The van der Waals surface area contributed by atoms with Crippen molar-refractivity contribution >= 4 is 35.1 Å². The Morgan fingerprint density at radius 3 is 2.79 bits per heavy atom. The summed E-state index contributed by atoms with van der Waals surface area (Å²) in [7, 11) is 6.12. The minimum absolute atomic E-state index is 0.0458. The number of nitrogens with zero attached hydrogens (tertiary/aromatic N) is 3. The van der Waals surface area contributed by atoms with E-state index in [1.54, 1.807) is 6.07 Å². The van der Waals surface area contributed by atoms with Gasteiger partial charge in [0.25, 0.3) is 5.91 Å². The highest BCUT2D eigenvalue weighted by Crippen LogP contribution is 2.24. The molecule has 0 fully saturated rings. The van der Waals surface area contributed by atoms with Crippen molar-refractivity contribution in [3.05, 3.63) is 46.6 Å². The monoisotopic (exact) mass is 422 g/mol. The number of benzene rings is 1. The summed E-state index contributed by atoms with van der Waals surface area (Å²) in [5.41, 5.74) is 1.71. The van der Waals surface area contributed by atoms with Gasteiger partial charge < -0.3 is 15.1 Å². The number of halogens is 1. The molecule has 0 saturated heterocycles. The van der Waals surface area contributed by atoms with E-state index in [9.17, 15) is 4.79 Å². The number of amides is 1. The molecule has 0 radical (unpaired) electrons. The first-order chi connectivity index (χ1) is 13.4. The van der Waals surface area contributed by atoms with E-state index in [0.29, 0.717) is 28.2 Å². The zero-order valence-electron chi connectivity index (χ0n) is 17.0. The van der Waals surface area contributed by atoms with Gasteiger partial charge in [-0.25, -0.2) is 9.97 Å². The number of hydrogen-bond donors (Lipinski definition) is 2. The summed E-state index contributed by atoms with van der Waals surface area (Å²) in [6.07, 6.45) is 1.03. The van der Waals surface area contributed by atoms with Crippen LogP contribution in [0.25, 0.3) is 0 Å². The Kier molecular flexibility index (Phi) is 9.02. The van der Waals surface area contributed by atoms with E-state index in [2.05, 4.69) is 41.2 Å². The van der Waals surface area contributed by atoms with Crippen molar-refractivity contribution < 1.29 is 9.69 Å². The van der Waals surface area contributed by atoms with Gasteiger partial charge in [0.15, 0.2) is 5.16 Å². The van der Waals surface area contributed by atoms with Crippen molar-refractivity contribution in [3.63, 3.8) is 0 Å². The maximum Gasteiger partial charge on any atom is 0.251 e. The number of thioether (sulfide) groups is 1. The molecule has 0 aliphatic heterocycles. The third kappa shape index (κ3) is 7.30. The average molecular weight is 423 g/mol. The van der Waals surface area contributed by atoms with Crippen LogP contribution in [0.1, 0.15) is 29.3 Å².